The Kier molecular flexibility index (Phi) is 6.22. The summed E-state index contributed by atoms with van der Waals surface area (Å²) in [6.07, 6.45) is 0. The summed E-state index contributed by atoms with van der Waals surface area (Å²) in [7, 11) is 3.53. The number of methoxy groups -OCH3 is 1. The van der Waals surface area contributed by atoms with Gasteiger partial charge in [-0.1, -0.05) is 35.0 Å². The highest BCUT2D eigenvalue weighted by Gasteiger charge is 2.13. The van der Waals surface area contributed by atoms with Gasteiger partial charge in [0.15, 0.2) is 5.76 Å². The lowest BCUT2D eigenvalue weighted by molar-refractivity contribution is 0.362. The number of rotatable bonds is 6. The molecule has 0 aliphatic carbocycles. The van der Waals surface area contributed by atoms with E-state index in [4.69, 9.17) is 9.26 Å². The first kappa shape index (κ1) is 19.0. The normalized spacial score (nSPS) is 10.6. The van der Waals surface area contributed by atoms with Gasteiger partial charge in [0.25, 0.3) is 0 Å². The third kappa shape index (κ3) is 4.21. The molecule has 0 amide bonds. The van der Waals surface area contributed by atoms with Crippen LogP contribution in [0, 0.1) is 13.8 Å². The molecule has 3 rings (SSSR count). The first-order valence-corrected chi connectivity index (χ1v) is 7.88. The number of hydrogen-bond donors (Lipinski definition) is 1. The van der Waals surface area contributed by atoms with Crippen molar-refractivity contribution in [2.24, 2.45) is 7.05 Å². The smallest absolute Gasteiger partial charge is 0.216 e. The van der Waals surface area contributed by atoms with Crippen LogP contribution in [0.25, 0.3) is 11.3 Å². The van der Waals surface area contributed by atoms with Gasteiger partial charge in [-0.3, -0.25) is 0 Å². The van der Waals surface area contributed by atoms with Crippen LogP contribution in [-0.4, -0.2) is 22.0 Å². The van der Waals surface area contributed by atoms with Gasteiger partial charge in [-0.2, -0.15) is 5.10 Å². The number of nitrogens with zero attached hydrogens (tertiary/aromatic N) is 3. The number of aryl methyl sites for hydroxylation is 3. The summed E-state index contributed by atoms with van der Waals surface area (Å²) in [6.45, 7) is 5.29. The van der Waals surface area contributed by atoms with E-state index in [2.05, 4.69) is 34.6 Å². The molecule has 0 saturated heterocycles. The molecular weight excluding hydrogens is 340 g/mol. The zero-order valence-corrected chi connectivity index (χ0v) is 15.7. The third-order valence-corrected chi connectivity index (χ3v) is 3.99. The van der Waals surface area contributed by atoms with Crippen LogP contribution in [0.3, 0.4) is 0 Å². The molecule has 1 N–H and O–H groups in total. The van der Waals surface area contributed by atoms with Crippen molar-refractivity contribution < 1.29 is 9.26 Å². The molecule has 2 heterocycles. The zero-order valence-electron chi connectivity index (χ0n) is 14.9. The fourth-order valence-corrected chi connectivity index (χ4v) is 2.71. The molecule has 0 bridgehead atoms. The summed E-state index contributed by atoms with van der Waals surface area (Å²) in [5.74, 6) is 1.57. The average molecular weight is 363 g/mol. The molecule has 134 valence electrons. The van der Waals surface area contributed by atoms with Gasteiger partial charge in [0.1, 0.15) is 5.69 Å². The molecule has 2 aromatic heterocycles. The van der Waals surface area contributed by atoms with Gasteiger partial charge in [-0.25, -0.2) is 4.68 Å². The molecule has 7 heteroatoms. The molecule has 0 radical (unpaired) electrons. The van der Waals surface area contributed by atoms with Gasteiger partial charge in [-0.05, 0) is 13.8 Å². The van der Waals surface area contributed by atoms with Gasteiger partial charge in [0, 0.05) is 25.2 Å². The van der Waals surface area contributed by atoms with Crippen LogP contribution in [0.15, 0.2) is 34.9 Å². The summed E-state index contributed by atoms with van der Waals surface area (Å²) in [5.41, 5.74) is 5.14. The monoisotopic (exact) mass is 362 g/mol. The maximum atomic E-state index is 5.41. The molecule has 3 aromatic rings. The SMILES string of the molecule is COc1c(CNCc2cc(-c3ccc(C)cc3)no2)c(C)nn1C.Cl. The van der Waals surface area contributed by atoms with Crippen molar-refractivity contribution in [3.05, 3.63) is 52.9 Å². The van der Waals surface area contributed by atoms with Crippen molar-refractivity contribution >= 4 is 12.4 Å². The lowest BCUT2D eigenvalue weighted by Gasteiger charge is -2.05. The van der Waals surface area contributed by atoms with Crippen LogP contribution in [0.5, 0.6) is 5.88 Å². The first-order valence-electron chi connectivity index (χ1n) is 7.88. The minimum absolute atomic E-state index is 0. The molecule has 0 unspecified atom stereocenters. The van der Waals surface area contributed by atoms with E-state index in [9.17, 15) is 0 Å². The molecule has 6 nitrogen and oxygen atoms in total. The number of nitrogens with one attached hydrogen (secondary N) is 1. The first-order chi connectivity index (χ1) is 11.6. The van der Waals surface area contributed by atoms with Crippen LogP contribution in [0.1, 0.15) is 22.6 Å². The van der Waals surface area contributed by atoms with Crippen molar-refractivity contribution in [2.45, 2.75) is 26.9 Å². The zero-order chi connectivity index (χ0) is 17.1. The van der Waals surface area contributed by atoms with Crippen molar-refractivity contribution in [1.29, 1.82) is 0 Å². The predicted octanol–water partition coefficient (Wildman–Crippen LogP) is 3.41. The van der Waals surface area contributed by atoms with Crippen molar-refractivity contribution in [1.82, 2.24) is 20.3 Å². The Hall–Kier alpha value is -2.31. The number of hydrogen-bond acceptors (Lipinski definition) is 5. The van der Waals surface area contributed by atoms with Crippen molar-refractivity contribution in [3.8, 4) is 17.1 Å². The second-order valence-electron chi connectivity index (χ2n) is 5.84. The molecular formula is C18H23ClN4O2. The van der Waals surface area contributed by atoms with Gasteiger partial charge in [-0.15, -0.1) is 12.4 Å². The Morgan fingerprint density at radius 1 is 1.16 bits per heavy atom. The van der Waals surface area contributed by atoms with Crippen molar-refractivity contribution in [2.75, 3.05) is 7.11 Å². The van der Waals surface area contributed by atoms with E-state index in [-0.39, 0.29) is 12.4 Å². The maximum absolute atomic E-state index is 5.41. The predicted molar refractivity (Wildman–Crippen MR) is 99.0 cm³/mol. The minimum atomic E-state index is 0. The number of halogens is 1. The quantitative estimate of drug-likeness (QED) is 0.728. The molecule has 0 fully saturated rings. The Labute approximate surface area is 153 Å². The molecule has 0 saturated carbocycles. The second kappa shape index (κ2) is 8.18. The van der Waals surface area contributed by atoms with E-state index in [1.807, 2.05) is 32.2 Å². The molecule has 0 aliphatic rings. The molecule has 0 spiro atoms. The summed E-state index contributed by atoms with van der Waals surface area (Å²) in [6, 6.07) is 10.2. The minimum Gasteiger partial charge on any atom is -0.481 e. The summed E-state index contributed by atoms with van der Waals surface area (Å²) in [5, 5.41) is 11.9. The highest BCUT2D eigenvalue weighted by molar-refractivity contribution is 5.85. The number of aromatic nitrogens is 3. The average Bonchev–Trinajstić information content (AvgIpc) is 3.13. The Morgan fingerprint density at radius 3 is 2.56 bits per heavy atom. The fraction of sp³-hybridized carbons (Fsp3) is 0.333. The van der Waals surface area contributed by atoms with Crippen LogP contribution < -0.4 is 10.1 Å². The molecule has 1 aromatic carbocycles. The van der Waals surface area contributed by atoms with E-state index < -0.39 is 0 Å². The van der Waals surface area contributed by atoms with Crippen LogP contribution in [0.2, 0.25) is 0 Å². The Balaban J connectivity index is 0.00000225. The van der Waals surface area contributed by atoms with E-state index >= 15 is 0 Å². The van der Waals surface area contributed by atoms with E-state index in [1.54, 1.807) is 11.8 Å². The lowest BCUT2D eigenvalue weighted by atomic mass is 10.1. The molecule has 25 heavy (non-hydrogen) atoms. The van der Waals surface area contributed by atoms with E-state index in [0.29, 0.717) is 13.1 Å². The standard InChI is InChI=1S/C18H22N4O2.ClH/c1-12-5-7-14(8-6-12)17-9-15(24-21-17)10-19-11-16-13(2)20-22(3)18(16)23-4;/h5-9,19H,10-11H2,1-4H3;1H. The highest BCUT2D eigenvalue weighted by atomic mass is 35.5. The van der Waals surface area contributed by atoms with Gasteiger partial charge in [0.05, 0.1) is 24.9 Å². The summed E-state index contributed by atoms with van der Waals surface area (Å²) < 4.78 is 12.6. The van der Waals surface area contributed by atoms with Crippen LogP contribution in [-0.2, 0) is 20.1 Å². The van der Waals surface area contributed by atoms with Crippen molar-refractivity contribution in [3.63, 3.8) is 0 Å². The molecule has 0 atom stereocenters. The van der Waals surface area contributed by atoms with E-state index in [0.717, 1.165) is 34.2 Å². The number of ether oxygens (including phenoxy) is 1. The Morgan fingerprint density at radius 2 is 1.88 bits per heavy atom. The van der Waals surface area contributed by atoms with Gasteiger partial charge < -0.3 is 14.6 Å². The highest BCUT2D eigenvalue weighted by Crippen LogP contribution is 2.22. The van der Waals surface area contributed by atoms with Gasteiger partial charge >= 0.3 is 0 Å². The summed E-state index contributed by atoms with van der Waals surface area (Å²) >= 11 is 0. The van der Waals surface area contributed by atoms with Gasteiger partial charge in [0.2, 0.25) is 5.88 Å². The van der Waals surface area contributed by atoms with E-state index in [1.165, 1.54) is 5.56 Å². The Bertz CT molecular complexity index is 824. The maximum Gasteiger partial charge on any atom is 0.216 e. The lowest BCUT2D eigenvalue weighted by Crippen LogP contribution is -2.13. The largest absolute Gasteiger partial charge is 0.481 e. The summed E-state index contributed by atoms with van der Waals surface area (Å²) in [4.78, 5) is 0. The van der Waals surface area contributed by atoms with Crippen LogP contribution in [0.4, 0.5) is 0 Å². The number of benzene rings is 1. The second-order valence-corrected chi connectivity index (χ2v) is 5.84. The third-order valence-electron chi connectivity index (χ3n) is 3.99. The fourth-order valence-electron chi connectivity index (χ4n) is 2.71. The van der Waals surface area contributed by atoms with Crippen LogP contribution >= 0.6 is 12.4 Å². The topological polar surface area (TPSA) is 65.1 Å². The molecule has 0 aliphatic heterocycles.